The van der Waals surface area contributed by atoms with Gasteiger partial charge in [0.15, 0.2) is 16.7 Å². The summed E-state index contributed by atoms with van der Waals surface area (Å²) in [6.45, 7) is 0. The third kappa shape index (κ3) is 4.84. The zero-order chi connectivity index (χ0) is 22.6. The zero-order valence-corrected chi connectivity index (χ0v) is 18.5. The molecule has 0 bridgehead atoms. The van der Waals surface area contributed by atoms with E-state index in [-0.39, 0.29) is 22.3 Å². The van der Waals surface area contributed by atoms with Crippen LogP contribution in [0.1, 0.15) is 5.56 Å². The maximum atomic E-state index is 12.8. The van der Waals surface area contributed by atoms with E-state index in [1.54, 1.807) is 42.5 Å². The van der Waals surface area contributed by atoms with Crippen molar-refractivity contribution in [1.29, 1.82) is 0 Å². The fourth-order valence-electron chi connectivity index (χ4n) is 2.88. The van der Waals surface area contributed by atoms with E-state index in [1.807, 2.05) is 30.3 Å². The summed E-state index contributed by atoms with van der Waals surface area (Å²) in [6.07, 6.45) is 1.55. The number of amides is 1. The standard InChI is InChI=1S/C23H18N2O5S2/c1-29-19-14-8-9-16(21(19)30-32(27,28)18-12-6-3-7-13-18)15-20-22(26)25-23(31-20)24-17-10-4-2-5-11-17/h2-15H,1H3,(H,24,25,26)/b20-15-. The molecular formula is C23H18N2O5S2. The summed E-state index contributed by atoms with van der Waals surface area (Å²) in [5.74, 6) is -0.127. The Balaban J connectivity index is 1.68. The van der Waals surface area contributed by atoms with Crippen LogP contribution in [0.3, 0.4) is 0 Å². The molecule has 7 nitrogen and oxygen atoms in total. The third-order valence-electron chi connectivity index (χ3n) is 4.38. The maximum absolute atomic E-state index is 12.8. The van der Waals surface area contributed by atoms with E-state index >= 15 is 0 Å². The van der Waals surface area contributed by atoms with Gasteiger partial charge in [0.25, 0.3) is 5.91 Å². The summed E-state index contributed by atoms with van der Waals surface area (Å²) in [7, 11) is -2.69. The number of thioether (sulfide) groups is 1. The highest BCUT2D eigenvalue weighted by molar-refractivity contribution is 8.18. The van der Waals surface area contributed by atoms with Crippen molar-refractivity contribution in [2.45, 2.75) is 4.90 Å². The molecule has 0 saturated carbocycles. The van der Waals surface area contributed by atoms with Crippen LogP contribution in [0.25, 0.3) is 6.08 Å². The molecule has 0 radical (unpaired) electrons. The van der Waals surface area contributed by atoms with Crippen molar-refractivity contribution in [3.63, 3.8) is 0 Å². The quantitative estimate of drug-likeness (QED) is 0.429. The highest BCUT2D eigenvalue weighted by atomic mass is 32.2. The van der Waals surface area contributed by atoms with Gasteiger partial charge in [-0.2, -0.15) is 8.42 Å². The Labute approximate surface area is 189 Å². The first-order chi connectivity index (χ1) is 15.5. The van der Waals surface area contributed by atoms with E-state index in [2.05, 4.69) is 10.3 Å². The Hall–Kier alpha value is -3.56. The van der Waals surface area contributed by atoms with Crippen molar-refractivity contribution in [1.82, 2.24) is 5.32 Å². The van der Waals surface area contributed by atoms with Crippen LogP contribution in [0.4, 0.5) is 5.69 Å². The summed E-state index contributed by atoms with van der Waals surface area (Å²) < 4.78 is 36.3. The molecule has 1 fully saturated rings. The minimum absolute atomic E-state index is 0.00630. The number of hydrogen-bond donors (Lipinski definition) is 1. The molecule has 0 atom stereocenters. The number of aliphatic imine (C=N–C) groups is 1. The average Bonchev–Trinajstić information content (AvgIpc) is 3.14. The first kappa shape index (κ1) is 21.7. The number of methoxy groups -OCH3 is 1. The van der Waals surface area contributed by atoms with Gasteiger partial charge in [-0.3, -0.25) is 4.79 Å². The maximum Gasteiger partial charge on any atom is 0.339 e. The Kier molecular flexibility index (Phi) is 6.29. The van der Waals surface area contributed by atoms with Crippen LogP contribution in [-0.4, -0.2) is 26.6 Å². The van der Waals surface area contributed by atoms with Crippen molar-refractivity contribution < 1.29 is 22.1 Å². The molecule has 3 aromatic carbocycles. The number of nitrogens with zero attached hydrogens (tertiary/aromatic N) is 1. The number of amidine groups is 1. The van der Waals surface area contributed by atoms with E-state index in [0.717, 1.165) is 11.8 Å². The van der Waals surface area contributed by atoms with Crippen molar-refractivity contribution in [2.24, 2.45) is 4.99 Å². The largest absolute Gasteiger partial charge is 0.493 e. The molecule has 9 heteroatoms. The summed E-state index contributed by atoms with van der Waals surface area (Å²) in [5.41, 5.74) is 1.08. The lowest BCUT2D eigenvalue weighted by molar-refractivity contribution is -0.115. The lowest BCUT2D eigenvalue weighted by Crippen LogP contribution is -2.19. The van der Waals surface area contributed by atoms with Crippen LogP contribution in [-0.2, 0) is 14.9 Å². The molecule has 0 spiro atoms. The van der Waals surface area contributed by atoms with Gasteiger partial charge in [0, 0.05) is 5.56 Å². The predicted octanol–water partition coefficient (Wildman–Crippen LogP) is 4.35. The lowest BCUT2D eigenvalue weighted by Gasteiger charge is -2.13. The smallest absolute Gasteiger partial charge is 0.339 e. The molecule has 162 valence electrons. The number of carbonyl (C=O) groups excluding carboxylic acids is 1. The topological polar surface area (TPSA) is 94.1 Å². The second kappa shape index (κ2) is 9.29. The second-order valence-electron chi connectivity index (χ2n) is 6.55. The fourth-order valence-corrected chi connectivity index (χ4v) is 4.70. The molecule has 0 unspecified atom stereocenters. The SMILES string of the molecule is COc1cccc(/C=C2\SC(=Nc3ccccc3)NC2=O)c1OS(=O)(=O)c1ccccc1. The van der Waals surface area contributed by atoms with Crippen molar-refractivity contribution in [2.75, 3.05) is 7.11 Å². The lowest BCUT2D eigenvalue weighted by atomic mass is 10.1. The number of rotatable bonds is 6. The molecular weight excluding hydrogens is 448 g/mol. The molecule has 0 aliphatic carbocycles. The number of para-hydroxylation sites is 2. The minimum Gasteiger partial charge on any atom is -0.493 e. The molecule has 3 aromatic rings. The fraction of sp³-hybridized carbons (Fsp3) is 0.0435. The average molecular weight is 467 g/mol. The van der Waals surface area contributed by atoms with Gasteiger partial charge in [0.2, 0.25) is 0 Å². The molecule has 1 amide bonds. The molecule has 4 rings (SSSR count). The Morgan fingerprint density at radius 1 is 0.938 bits per heavy atom. The van der Waals surface area contributed by atoms with Crippen molar-refractivity contribution in [3.05, 3.63) is 89.3 Å². The first-order valence-corrected chi connectivity index (χ1v) is 11.7. The predicted molar refractivity (Wildman–Crippen MR) is 124 cm³/mol. The highest BCUT2D eigenvalue weighted by Gasteiger charge is 2.26. The number of ether oxygens (including phenoxy) is 1. The van der Waals surface area contributed by atoms with E-state index in [1.165, 1.54) is 19.2 Å². The van der Waals surface area contributed by atoms with E-state index in [4.69, 9.17) is 8.92 Å². The number of nitrogens with one attached hydrogen (secondary N) is 1. The van der Waals surface area contributed by atoms with Crippen LogP contribution >= 0.6 is 11.8 Å². The molecule has 1 saturated heterocycles. The summed E-state index contributed by atoms with van der Waals surface area (Å²) >= 11 is 1.15. The van der Waals surface area contributed by atoms with Crippen molar-refractivity contribution >= 4 is 44.7 Å². The van der Waals surface area contributed by atoms with Crippen LogP contribution in [0.2, 0.25) is 0 Å². The molecule has 1 aliphatic rings. The van der Waals surface area contributed by atoms with Crippen LogP contribution < -0.4 is 14.2 Å². The van der Waals surface area contributed by atoms with Gasteiger partial charge in [-0.25, -0.2) is 4.99 Å². The van der Waals surface area contributed by atoms with Crippen LogP contribution in [0.15, 0.2) is 93.7 Å². The molecule has 1 N–H and O–H groups in total. The van der Waals surface area contributed by atoms with E-state index in [9.17, 15) is 13.2 Å². The first-order valence-electron chi connectivity index (χ1n) is 9.47. The van der Waals surface area contributed by atoms with Crippen molar-refractivity contribution in [3.8, 4) is 11.5 Å². The monoisotopic (exact) mass is 466 g/mol. The van der Waals surface area contributed by atoms with E-state index in [0.29, 0.717) is 21.3 Å². The molecule has 1 heterocycles. The molecule has 32 heavy (non-hydrogen) atoms. The highest BCUT2D eigenvalue weighted by Crippen LogP contribution is 2.37. The van der Waals surface area contributed by atoms with Gasteiger partial charge in [-0.1, -0.05) is 48.5 Å². The summed E-state index contributed by atoms with van der Waals surface area (Å²) in [4.78, 5) is 17.2. The third-order valence-corrected chi connectivity index (χ3v) is 6.52. The summed E-state index contributed by atoms with van der Waals surface area (Å²) in [5, 5.41) is 3.14. The number of carbonyl (C=O) groups is 1. The van der Waals surface area contributed by atoms with Gasteiger partial charge >= 0.3 is 10.1 Å². The number of hydrogen-bond acceptors (Lipinski definition) is 7. The Bertz CT molecular complexity index is 1300. The van der Waals surface area contributed by atoms with Crippen LogP contribution in [0.5, 0.6) is 11.5 Å². The van der Waals surface area contributed by atoms with Gasteiger partial charge in [0.05, 0.1) is 17.7 Å². The number of benzene rings is 3. The second-order valence-corrected chi connectivity index (χ2v) is 9.12. The van der Waals surface area contributed by atoms with Gasteiger partial charge < -0.3 is 14.2 Å². The molecule has 0 aromatic heterocycles. The van der Waals surface area contributed by atoms with E-state index < -0.39 is 10.1 Å². The zero-order valence-electron chi connectivity index (χ0n) is 16.9. The van der Waals surface area contributed by atoms with Crippen LogP contribution in [0, 0.1) is 0 Å². The summed E-state index contributed by atoms with van der Waals surface area (Å²) in [6, 6.07) is 21.9. The Morgan fingerprint density at radius 3 is 2.31 bits per heavy atom. The van der Waals surface area contributed by atoms with Gasteiger partial charge in [0.1, 0.15) is 4.90 Å². The van der Waals surface area contributed by atoms with Gasteiger partial charge in [-0.15, -0.1) is 0 Å². The minimum atomic E-state index is -4.11. The normalized spacial score (nSPS) is 16.2. The Morgan fingerprint density at radius 2 is 1.62 bits per heavy atom. The van der Waals surface area contributed by atoms with Gasteiger partial charge in [-0.05, 0) is 48.2 Å². The molecule has 1 aliphatic heterocycles.